The Hall–Kier alpha value is -1.83. The third-order valence-corrected chi connectivity index (χ3v) is 3.57. The van der Waals surface area contributed by atoms with Crippen LogP contribution < -0.4 is 10.6 Å². The monoisotopic (exact) mass is 302 g/mol. The van der Waals surface area contributed by atoms with E-state index in [0.717, 1.165) is 10.7 Å². The van der Waals surface area contributed by atoms with Crippen molar-refractivity contribution in [1.82, 2.24) is 9.88 Å². The van der Waals surface area contributed by atoms with Crippen LogP contribution in [0.1, 0.15) is 6.92 Å². The maximum atomic E-state index is 12.8. The van der Waals surface area contributed by atoms with Crippen LogP contribution in [-0.4, -0.2) is 53.7 Å². The molecular weight excluding hydrogens is 285 g/mol. The van der Waals surface area contributed by atoms with E-state index in [1.54, 1.807) is 12.3 Å². The van der Waals surface area contributed by atoms with Crippen LogP contribution in [0.25, 0.3) is 0 Å². The van der Waals surface area contributed by atoms with Crippen LogP contribution in [0.4, 0.5) is 19.0 Å². The predicted molar refractivity (Wildman–Crippen MR) is 71.7 cm³/mol. The summed E-state index contributed by atoms with van der Waals surface area (Å²) in [7, 11) is 0. The summed E-state index contributed by atoms with van der Waals surface area (Å²) in [6, 6.07) is 5.44. The molecule has 116 valence electrons. The van der Waals surface area contributed by atoms with Crippen LogP contribution in [0.2, 0.25) is 0 Å². The third-order valence-electron chi connectivity index (χ3n) is 3.57. The second-order valence-corrected chi connectivity index (χ2v) is 5.17. The largest absolute Gasteiger partial charge is 0.415 e. The number of alkyl halides is 3. The van der Waals surface area contributed by atoms with Crippen LogP contribution in [0, 0.1) is 0 Å². The highest BCUT2D eigenvalue weighted by Gasteiger charge is 2.55. The van der Waals surface area contributed by atoms with Crippen molar-refractivity contribution < 1.29 is 18.0 Å². The number of halogens is 3. The summed E-state index contributed by atoms with van der Waals surface area (Å²) < 4.78 is 38.4. The normalized spacial score (nSPS) is 19.3. The zero-order valence-electron chi connectivity index (χ0n) is 11.6. The van der Waals surface area contributed by atoms with Gasteiger partial charge in [-0.05, 0) is 19.1 Å². The van der Waals surface area contributed by atoms with Gasteiger partial charge in [0.1, 0.15) is 5.82 Å². The highest BCUT2D eigenvalue weighted by Crippen LogP contribution is 2.30. The molecule has 0 radical (unpaired) electrons. The highest BCUT2D eigenvalue weighted by molar-refractivity contribution is 5.87. The molecule has 2 heterocycles. The van der Waals surface area contributed by atoms with Gasteiger partial charge in [0.25, 0.3) is 5.91 Å². The number of anilines is 1. The Balaban J connectivity index is 2.00. The van der Waals surface area contributed by atoms with Gasteiger partial charge in [-0.15, -0.1) is 0 Å². The van der Waals surface area contributed by atoms with Gasteiger partial charge in [0.15, 0.2) is 5.54 Å². The summed E-state index contributed by atoms with van der Waals surface area (Å²) >= 11 is 0. The second-order valence-electron chi connectivity index (χ2n) is 5.17. The summed E-state index contributed by atoms with van der Waals surface area (Å²) in [5.41, 5.74) is 2.32. The average Bonchev–Trinajstić information content (AvgIpc) is 2.46. The number of hydrogen-bond donors (Lipinski definition) is 1. The molecule has 1 aliphatic heterocycles. The Kier molecular flexibility index (Phi) is 4.08. The smallest absolute Gasteiger partial charge is 0.353 e. The average molecular weight is 302 g/mol. The summed E-state index contributed by atoms with van der Waals surface area (Å²) in [6.07, 6.45) is -3.12. The number of pyridine rings is 1. The van der Waals surface area contributed by atoms with Crippen LogP contribution in [-0.2, 0) is 4.79 Å². The van der Waals surface area contributed by atoms with Gasteiger partial charge in [-0.3, -0.25) is 4.79 Å². The topological polar surface area (TPSA) is 62.5 Å². The lowest BCUT2D eigenvalue weighted by atomic mass is 10.0. The van der Waals surface area contributed by atoms with E-state index < -0.39 is 17.6 Å². The van der Waals surface area contributed by atoms with Crippen LogP contribution in [0.15, 0.2) is 24.4 Å². The van der Waals surface area contributed by atoms with Gasteiger partial charge in [-0.1, -0.05) is 6.07 Å². The number of rotatable bonds is 2. The highest BCUT2D eigenvalue weighted by atomic mass is 19.4. The molecule has 2 rings (SSSR count). The van der Waals surface area contributed by atoms with Gasteiger partial charge in [-0.25, -0.2) is 4.98 Å². The number of nitrogens with zero attached hydrogens (tertiary/aromatic N) is 3. The number of carbonyl (C=O) groups is 1. The van der Waals surface area contributed by atoms with Gasteiger partial charge in [0, 0.05) is 32.4 Å². The van der Waals surface area contributed by atoms with Crippen LogP contribution in [0.3, 0.4) is 0 Å². The number of hydrogen-bond acceptors (Lipinski definition) is 4. The summed E-state index contributed by atoms with van der Waals surface area (Å²) in [5.74, 6) is -0.341. The number of aromatic nitrogens is 1. The standard InChI is InChI=1S/C13H17F3N4O/c1-12(17,13(14,15)16)11(21)20-8-6-19(7-9-20)10-4-2-3-5-18-10/h2-5H,6-9,17H2,1H3. The lowest BCUT2D eigenvalue weighted by Crippen LogP contribution is -2.64. The fourth-order valence-corrected chi connectivity index (χ4v) is 2.13. The van der Waals surface area contributed by atoms with Crippen molar-refractivity contribution in [1.29, 1.82) is 0 Å². The number of piperazine rings is 1. The Morgan fingerprint density at radius 2 is 1.86 bits per heavy atom. The first-order valence-electron chi connectivity index (χ1n) is 6.54. The third kappa shape index (κ3) is 3.10. The number of nitrogens with two attached hydrogens (primary N) is 1. The molecule has 1 fully saturated rings. The molecule has 5 nitrogen and oxygen atoms in total. The van der Waals surface area contributed by atoms with Crippen LogP contribution in [0.5, 0.6) is 0 Å². The van der Waals surface area contributed by atoms with E-state index in [4.69, 9.17) is 5.73 Å². The molecule has 8 heteroatoms. The quantitative estimate of drug-likeness (QED) is 0.885. The molecule has 0 bridgehead atoms. The number of carbonyl (C=O) groups excluding carboxylic acids is 1. The van der Waals surface area contributed by atoms with Crippen molar-refractivity contribution >= 4 is 11.7 Å². The first-order valence-corrected chi connectivity index (χ1v) is 6.54. The maximum Gasteiger partial charge on any atom is 0.415 e. The van der Waals surface area contributed by atoms with Gasteiger partial charge in [-0.2, -0.15) is 13.2 Å². The maximum absolute atomic E-state index is 12.8. The lowest BCUT2D eigenvalue weighted by Gasteiger charge is -2.39. The minimum atomic E-state index is -4.76. The molecule has 0 aliphatic carbocycles. The van der Waals surface area contributed by atoms with Crippen molar-refractivity contribution in [2.45, 2.75) is 18.6 Å². The molecule has 0 saturated carbocycles. The molecule has 1 aliphatic rings. The van der Waals surface area contributed by atoms with E-state index in [-0.39, 0.29) is 13.1 Å². The molecular formula is C13H17F3N4O. The van der Waals surface area contributed by atoms with Gasteiger partial charge >= 0.3 is 6.18 Å². The van der Waals surface area contributed by atoms with Crippen molar-refractivity contribution in [3.63, 3.8) is 0 Å². The SMILES string of the molecule is CC(N)(C(=O)N1CCN(c2ccccn2)CC1)C(F)(F)F. The fraction of sp³-hybridized carbons (Fsp3) is 0.538. The first-order chi connectivity index (χ1) is 9.73. The Bertz CT molecular complexity index is 496. The molecule has 1 aromatic rings. The lowest BCUT2D eigenvalue weighted by molar-refractivity contribution is -0.193. The molecule has 1 saturated heterocycles. The summed E-state index contributed by atoms with van der Waals surface area (Å²) in [4.78, 5) is 19.2. The van der Waals surface area contributed by atoms with Gasteiger partial charge in [0.2, 0.25) is 0 Å². The minimum absolute atomic E-state index is 0.193. The molecule has 0 aromatic carbocycles. The predicted octanol–water partition coefficient (Wildman–Crippen LogP) is 1.01. The molecule has 1 atom stereocenters. The molecule has 1 unspecified atom stereocenters. The van der Waals surface area contributed by atoms with Crippen molar-refractivity contribution in [3.05, 3.63) is 24.4 Å². The zero-order valence-corrected chi connectivity index (χ0v) is 11.6. The summed E-state index contributed by atoms with van der Waals surface area (Å²) in [5, 5.41) is 0. The fourth-order valence-electron chi connectivity index (χ4n) is 2.13. The Morgan fingerprint density at radius 1 is 1.24 bits per heavy atom. The number of amides is 1. The van der Waals surface area contributed by atoms with E-state index in [2.05, 4.69) is 4.98 Å². The zero-order chi connectivity index (χ0) is 15.7. The first kappa shape index (κ1) is 15.6. The van der Waals surface area contributed by atoms with Gasteiger partial charge in [0.05, 0.1) is 0 Å². The molecule has 1 amide bonds. The Labute approximate surface area is 120 Å². The van der Waals surface area contributed by atoms with Gasteiger partial charge < -0.3 is 15.5 Å². The van der Waals surface area contributed by atoms with E-state index in [1.165, 1.54) is 0 Å². The van der Waals surface area contributed by atoms with Crippen molar-refractivity contribution in [3.8, 4) is 0 Å². The van der Waals surface area contributed by atoms with Crippen molar-refractivity contribution in [2.75, 3.05) is 31.1 Å². The van der Waals surface area contributed by atoms with E-state index in [0.29, 0.717) is 20.0 Å². The molecule has 0 spiro atoms. The molecule has 21 heavy (non-hydrogen) atoms. The molecule has 2 N–H and O–H groups in total. The van der Waals surface area contributed by atoms with Crippen molar-refractivity contribution in [2.24, 2.45) is 5.73 Å². The van der Waals surface area contributed by atoms with E-state index in [1.807, 2.05) is 17.0 Å². The summed E-state index contributed by atoms with van der Waals surface area (Å²) in [6.45, 7) is 1.95. The minimum Gasteiger partial charge on any atom is -0.353 e. The van der Waals surface area contributed by atoms with Crippen LogP contribution >= 0.6 is 0 Å². The van der Waals surface area contributed by atoms with E-state index >= 15 is 0 Å². The van der Waals surface area contributed by atoms with E-state index in [9.17, 15) is 18.0 Å². The molecule has 1 aromatic heterocycles. The second kappa shape index (κ2) is 5.51. The Morgan fingerprint density at radius 3 is 2.33 bits per heavy atom.